The number of anilines is 1. The molecule has 0 unspecified atom stereocenters. The van der Waals surface area contributed by atoms with Crippen molar-refractivity contribution in [3.63, 3.8) is 0 Å². The molecule has 31 heavy (non-hydrogen) atoms. The molecular weight excluding hydrogens is 441 g/mol. The number of carboxylic acids is 1. The maximum Gasteiger partial charge on any atom is 0.490 e. The van der Waals surface area contributed by atoms with Gasteiger partial charge in [-0.05, 0) is 36.8 Å². The van der Waals surface area contributed by atoms with Crippen LogP contribution in [0.1, 0.15) is 34.5 Å². The van der Waals surface area contributed by atoms with Crippen molar-refractivity contribution in [1.29, 1.82) is 0 Å². The van der Waals surface area contributed by atoms with Crippen LogP contribution in [-0.2, 0) is 27.7 Å². The number of carbonyl (C=O) groups is 2. The average molecular weight is 466 g/mol. The van der Waals surface area contributed by atoms with Gasteiger partial charge in [-0.2, -0.15) is 13.2 Å². The van der Waals surface area contributed by atoms with Gasteiger partial charge in [0.25, 0.3) is 5.91 Å². The van der Waals surface area contributed by atoms with Crippen LogP contribution in [0.5, 0.6) is 0 Å². The van der Waals surface area contributed by atoms with Crippen LogP contribution in [0.3, 0.4) is 0 Å². The largest absolute Gasteiger partial charge is 0.490 e. The Hall–Kier alpha value is -2.41. The van der Waals surface area contributed by atoms with Crippen LogP contribution in [0.15, 0.2) is 6.07 Å². The number of nitrogens with zero attached hydrogens (tertiary/aromatic N) is 2. The summed E-state index contributed by atoms with van der Waals surface area (Å²) in [4.78, 5) is 25.8. The SMILES string of the molecule is CNC(=O)c1cc2c(nc1NCC1CC1)CCN(S(C)(=O)=O)CC2.O=C(O)C(F)(F)F. The fourth-order valence-electron chi connectivity index (χ4n) is 2.95. The normalized spacial score (nSPS) is 16.9. The van der Waals surface area contributed by atoms with E-state index in [1.54, 1.807) is 7.05 Å². The van der Waals surface area contributed by atoms with Crippen LogP contribution in [0.2, 0.25) is 0 Å². The third-order valence-electron chi connectivity index (χ3n) is 4.86. The van der Waals surface area contributed by atoms with Crippen LogP contribution in [0, 0.1) is 5.92 Å². The zero-order valence-corrected chi connectivity index (χ0v) is 17.9. The van der Waals surface area contributed by atoms with Gasteiger partial charge in [0.1, 0.15) is 5.82 Å². The molecule has 3 N–H and O–H groups in total. The number of hydrogen-bond acceptors (Lipinski definition) is 6. The first-order valence-corrected chi connectivity index (χ1v) is 11.4. The van der Waals surface area contributed by atoms with Crippen LogP contribution < -0.4 is 10.6 Å². The molecule has 1 amide bonds. The standard InChI is InChI=1S/C16H24N4O3S.C2HF3O2/c1-17-16(21)13-9-12-5-7-20(24(2,22)23)8-6-14(12)19-15(13)18-10-11-3-4-11;3-2(4,5)1(6)7/h9,11H,3-8,10H2,1-2H3,(H,17,21)(H,18,19);(H,6,7). The van der Waals surface area contributed by atoms with Gasteiger partial charge >= 0.3 is 12.1 Å². The number of sulfonamides is 1. The van der Waals surface area contributed by atoms with E-state index in [9.17, 15) is 26.4 Å². The molecule has 2 heterocycles. The number of halogens is 3. The zero-order chi connectivity index (χ0) is 23.4. The first-order chi connectivity index (χ1) is 14.3. The smallest absolute Gasteiger partial charge is 0.475 e. The van der Waals surface area contributed by atoms with E-state index >= 15 is 0 Å². The molecule has 0 bridgehead atoms. The first-order valence-electron chi connectivity index (χ1n) is 9.57. The molecule has 1 fully saturated rings. The van der Waals surface area contributed by atoms with Crippen molar-refractivity contribution in [2.45, 2.75) is 31.9 Å². The summed E-state index contributed by atoms with van der Waals surface area (Å²) >= 11 is 0. The van der Waals surface area contributed by atoms with Crippen LogP contribution in [-0.4, -0.2) is 73.8 Å². The van der Waals surface area contributed by atoms with Crippen LogP contribution >= 0.6 is 0 Å². The Labute approximate surface area is 178 Å². The summed E-state index contributed by atoms with van der Waals surface area (Å²) in [5.41, 5.74) is 2.37. The first kappa shape index (κ1) is 24.9. The number of fused-ring (bicyclic) bond motifs is 1. The van der Waals surface area contributed by atoms with Gasteiger partial charge in [-0.1, -0.05) is 0 Å². The number of rotatable bonds is 5. The Bertz CT molecular complexity index is 933. The maximum absolute atomic E-state index is 12.2. The van der Waals surface area contributed by atoms with Gasteiger partial charge in [0.05, 0.1) is 11.8 Å². The average Bonchev–Trinajstić information content (AvgIpc) is 3.50. The summed E-state index contributed by atoms with van der Waals surface area (Å²) in [6.07, 6.45) is -0.279. The quantitative estimate of drug-likeness (QED) is 0.596. The van der Waals surface area contributed by atoms with Crippen molar-refractivity contribution in [2.24, 2.45) is 5.92 Å². The number of carbonyl (C=O) groups excluding carboxylic acids is 1. The molecule has 3 rings (SSSR count). The minimum absolute atomic E-state index is 0.173. The van der Waals surface area contributed by atoms with Gasteiger partial charge < -0.3 is 15.7 Å². The summed E-state index contributed by atoms with van der Waals surface area (Å²) in [7, 11) is -1.61. The molecule has 1 aromatic heterocycles. The number of pyridine rings is 1. The third kappa shape index (κ3) is 7.35. The van der Waals surface area contributed by atoms with Crippen molar-refractivity contribution in [3.8, 4) is 0 Å². The monoisotopic (exact) mass is 466 g/mol. The second-order valence-electron chi connectivity index (χ2n) is 7.36. The molecular formula is C18H25F3N4O5S. The summed E-state index contributed by atoms with van der Waals surface area (Å²) in [5.74, 6) is -1.66. The molecule has 0 radical (unpaired) electrons. The molecule has 1 aromatic rings. The fraction of sp³-hybridized carbons (Fsp3) is 0.611. The second kappa shape index (κ2) is 9.81. The Balaban J connectivity index is 0.000000423. The molecule has 0 saturated heterocycles. The minimum atomic E-state index is -5.08. The summed E-state index contributed by atoms with van der Waals surface area (Å²) in [5, 5.41) is 13.1. The highest BCUT2D eigenvalue weighted by molar-refractivity contribution is 7.88. The van der Waals surface area contributed by atoms with Gasteiger partial charge in [-0.3, -0.25) is 4.79 Å². The number of nitrogens with one attached hydrogen (secondary N) is 2. The van der Waals surface area contributed by atoms with E-state index in [1.807, 2.05) is 6.07 Å². The Kier molecular flexibility index (Phi) is 7.87. The molecule has 2 aliphatic rings. The molecule has 0 spiro atoms. The fourth-order valence-corrected chi connectivity index (χ4v) is 3.80. The van der Waals surface area contributed by atoms with Crippen LogP contribution in [0.25, 0.3) is 0 Å². The molecule has 1 aliphatic heterocycles. The van der Waals surface area contributed by atoms with Gasteiger partial charge in [0.15, 0.2) is 0 Å². The Morgan fingerprint density at radius 3 is 2.32 bits per heavy atom. The summed E-state index contributed by atoms with van der Waals surface area (Å²) in [6.45, 7) is 1.68. The van der Waals surface area contributed by atoms with Crippen molar-refractivity contribution < 1.29 is 36.3 Å². The number of hydrogen-bond donors (Lipinski definition) is 3. The van der Waals surface area contributed by atoms with Crippen molar-refractivity contribution in [3.05, 3.63) is 22.9 Å². The maximum atomic E-state index is 12.2. The number of carboxylic acid groups (broad SMARTS) is 1. The highest BCUT2D eigenvalue weighted by atomic mass is 32.2. The number of amides is 1. The lowest BCUT2D eigenvalue weighted by molar-refractivity contribution is -0.192. The molecule has 13 heteroatoms. The van der Waals surface area contributed by atoms with Crippen LogP contribution in [0.4, 0.5) is 19.0 Å². The van der Waals surface area contributed by atoms with Gasteiger partial charge in [0.2, 0.25) is 10.0 Å². The van der Waals surface area contributed by atoms with E-state index in [-0.39, 0.29) is 5.91 Å². The third-order valence-corrected chi connectivity index (χ3v) is 6.16. The van der Waals surface area contributed by atoms with E-state index in [4.69, 9.17) is 9.90 Å². The topological polar surface area (TPSA) is 129 Å². The second-order valence-corrected chi connectivity index (χ2v) is 9.34. The van der Waals surface area contributed by atoms with Crippen molar-refractivity contribution >= 4 is 27.7 Å². The lowest BCUT2D eigenvalue weighted by Crippen LogP contribution is -2.32. The highest BCUT2D eigenvalue weighted by Gasteiger charge is 2.38. The Morgan fingerprint density at radius 1 is 1.26 bits per heavy atom. The molecule has 0 atom stereocenters. The summed E-state index contributed by atoms with van der Waals surface area (Å²) in [6, 6.07) is 1.86. The van der Waals surface area contributed by atoms with Gasteiger partial charge in [-0.15, -0.1) is 0 Å². The summed E-state index contributed by atoms with van der Waals surface area (Å²) < 4.78 is 56.8. The molecule has 174 valence electrons. The number of aromatic nitrogens is 1. The molecule has 1 aliphatic carbocycles. The van der Waals surface area contributed by atoms with E-state index in [0.717, 1.165) is 17.8 Å². The van der Waals surface area contributed by atoms with Gasteiger partial charge in [-0.25, -0.2) is 22.5 Å². The number of alkyl halides is 3. The highest BCUT2D eigenvalue weighted by Crippen LogP contribution is 2.30. The van der Waals surface area contributed by atoms with E-state index in [1.165, 1.54) is 23.4 Å². The predicted molar refractivity (Wildman–Crippen MR) is 106 cm³/mol. The van der Waals surface area contributed by atoms with Gasteiger partial charge in [0, 0.05) is 38.8 Å². The predicted octanol–water partition coefficient (Wildman–Crippen LogP) is 1.26. The van der Waals surface area contributed by atoms with E-state index in [2.05, 4.69) is 15.6 Å². The zero-order valence-electron chi connectivity index (χ0n) is 17.1. The lowest BCUT2D eigenvalue weighted by Gasteiger charge is -2.16. The molecule has 9 nitrogen and oxygen atoms in total. The van der Waals surface area contributed by atoms with Crippen molar-refractivity contribution in [1.82, 2.24) is 14.6 Å². The molecule has 1 saturated carbocycles. The number of aliphatic carboxylic acids is 1. The van der Waals surface area contributed by atoms with E-state index in [0.29, 0.717) is 43.2 Å². The minimum Gasteiger partial charge on any atom is -0.475 e. The Morgan fingerprint density at radius 2 is 1.84 bits per heavy atom. The van der Waals surface area contributed by atoms with E-state index < -0.39 is 22.2 Å². The van der Waals surface area contributed by atoms with Crippen molar-refractivity contribution in [2.75, 3.05) is 38.3 Å². The molecule has 0 aromatic carbocycles. The lowest BCUT2D eigenvalue weighted by atomic mass is 10.1.